The number of aliphatic hydroxyl groups excluding tert-OH is 2. The van der Waals surface area contributed by atoms with E-state index in [0.717, 1.165) is 32.1 Å². The minimum absolute atomic E-state index is 0.111. The van der Waals surface area contributed by atoms with E-state index < -0.39 is 5.60 Å². The van der Waals surface area contributed by atoms with E-state index in [-0.39, 0.29) is 35.1 Å². The maximum Gasteiger partial charge on any atom is 0.0658 e. The molecule has 0 aliphatic heterocycles. The summed E-state index contributed by atoms with van der Waals surface area (Å²) in [6.45, 7) is 11.1. The van der Waals surface area contributed by atoms with Crippen molar-refractivity contribution >= 4 is 0 Å². The van der Waals surface area contributed by atoms with Gasteiger partial charge in [-0.1, -0.05) is 37.1 Å². The Balaban J connectivity index is 1.42. The van der Waals surface area contributed by atoms with Crippen LogP contribution in [0.2, 0.25) is 0 Å². The molecule has 4 aliphatic carbocycles. The highest BCUT2D eigenvalue weighted by atomic mass is 16.5. The van der Waals surface area contributed by atoms with Gasteiger partial charge in [-0.25, -0.2) is 0 Å². The predicted molar refractivity (Wildman–Crippen MR) is 128 cm³/mol. The first-order valence-corrected chi connectivity index (χ1v) is 13.1. The Morgan fingerprint density at radius 1 is 1.06 bits per heavy atom. The summed E-state index contributed by atoms with van der Waals surface area (Å²) in [6, 6.07) is 0. The summed E-state index contributed by atoms with van der Waals surface area (Å²) in [7, 11) is 0. The van der Waals surface area contributed by atoms with Crippen LogP contribution in [-0.2, 0) is 4.74 Å². The summed E-state index contributed by atoms with van der Waals surface area (Å²) in [5, 5.41) is 31.4. The van der Waals surface area contributed by atoms with Crippen LogP contribution in [-0.4, -0.2) is 45.8 Å². The number of aliphatic hydroxyl groups is 3. The van der Waals surface area contributed by atoms with E-state index in [2.05, 4.69) is 32.9 Å². The predicted octanol–water partition coefficient (Wildman–Crippen LogP) is 5.16. The number of allylic oxidation sites excluding steroid dienone is 3. The summed E-state index contributed by atoms with van der Waals surface area (Å²) in [6.07, 6.45) is 13.4. The minimum atomic E-state index is -0.713. The monoisotopic (exact) mass is 446 g/mol. The maximum absolute atomic E-state index is 10.6. The van der Waals surface area contributed by atoms with E-state index in [1.165, 1.54) is 31.3 Å². The molecule has 0 heterocycles. The molecule has 1 spiro atoms. The molecular weight excluding hydrogens is 400 g/mol. The van der Waals surface area contributed by atoms with Crippen LogP contribution in [0.1, 0.15) is 92.4 Å². The zero-order valence-electron chi connectivity index (χ0n) is 20.9. The Morgan fingerprint density at radius 2 is 1.72 bits per heavy atom. The molecule has 4 rings (SSSR count). The second kappa shape index (κ2) is 8.83. The summed E-state index contributed by atoms with van der Waals surface area (Å²) in [4.78, 5) is 0. The summed E-state index contributed by atoms with van der Waals surface area (Å²) in [5.41, 5.74) is 2.13. The van der Waals surface area contributed by atoms with E-state index in [4.69, 9.17) is 4.74 Å². The zero-order chi connectivity index (χ0) is 23.3. The number of fused-ring (bicyclic) bond motifs is 1. The van der Waals surface area contributed by atoms with Gasteiger partial charge in [-0.05, 0) is 95.8 Å². The third kappa shape index (κ3) is 4.50. The van der Waals surface area contributed by atoms with E-state index in [1.54, 1.807) is 5.57 Å². The van der Waals surface area contributed by atoms with Crippen molar-refractivity contribution in [1.29, 1.82) is 0 Å². The highest BCUT2D eigenvalue weighted by Gasteiger charge is 2.56. The topological polar surface area (TPSA) is 69.9 Å². The fourth-order valence-corrected chi connectivity index (χ4v) is 7.05. The van der Waals surface area contributed by atoms with Crippen molar-refractivity contribution in [2.24, 2.45) is 28.6 Å². The first kappa shape index (κ1) is 24.4. The average Bonchev–Trinajstić information content (AvgIpc) is 3.44. The van der Waals surface area contributed by atoms with Gasteiger partial charge in [0.2, 0.25) is 0 Å². The van der Waals surface area contributed by atoms with Gasteiger partial charge in [-0.15, -0.1) is 0 Å². The molecule has 4 heteroatoms. The van der Waals surface area contributed by atoms with Gasteiger partial charge in [-0.2, -0.15) is 0 Å². The van der Waals surface area contributed by atoms with E-state index in [9.17, 15) is 15.3 Å². The molecule has 0 radical (unpaired) electrons. The van der Waals surface area contributed by atoms with Gasteiger partial charge in [0.25, 0.3) is 0 Å². The molecular formula is C28H46O4. The van der Waals surface area contributed by atoms with Crippen LogP contribution in [0.15, 0.2) is 23.3 Å². The Morgan fingerprint density at radius 3 is 2.31 bits per heavy atom. The van der Waals surface area contributed by atoms with Crippen LogP contribution in [0.4, 0.5) is 0 Å². The van der Waals surface area contributed by atoms with Crippen LogP contribution >= 0.6 is 0 Å². The molecule has 182 valence electrons. The lowest BCUT2D eigenvalue weighted by Crippen LogP contribution is -2.40. The van der Waals surface area contributed by atoms with Crippen molar-refractivity contribution in [3.05, 3.63) is 23.3 Å². The van der Waals surface area contributed by atoms with Crippen molar-refractivity contribution in [3.63, 3.8) is 0 Å². The van der Waals surface area contributed by atoms with Crippen molar-refractivity contribution in [2.45, 2.75) is 116 Å². The van der Waals surface area contributed by atoms with Gasteiger partial charge in [0.1, 0.15) is 0 Å². The number of ether oxygens (including phenoxy) is 1. The lowest BCUT2D eigenvalue weighted by molar-refractivity contribution is -0.0720. The van der Waals surface area contributed by atoms with E-state index >= 15 is 0 Å². The van der Waals surface area contributed by atoms with Crippen molar-refractivity contribution in [3.8, 4) is 0 Å². The molecule has 0 aromatic carbocycles. The SMILES string of the molecule is C[C@@H](OC[C@H](C)C(C)(C)O)C1CCC2C(=CC=C3C[C@@H](O)C4(CC4)[C@H](O)C3)CCCC21C. The molecule has 0 amide bonds. The van der Waals surface area contributed by atoms with E-state index in [0.29, 0.717) is 18.4 Å². The highest BCUT2D eigenvalue weighted by Crippen LogP contribution is 2.59. The van der Waals surface area contributed by atoms with Crippen LogP contribution in [0.5, 0.6) is 0 Å². The first-order chi connectivity index (χ1) is 15.0. The quantitative estimate of drug-likeness (QED) is 0.527. The second-order valence-electron chi connectivity index (χ2n) is 12.4. The van der Waals surface area contributed by atoms with Gasteiger partial charge in [0.15, 0.2) is 0 Å². The molecule has 4 nitrogen and oxygen atoms in total. The van der Waals surface area contributed by atoms with Crippen LogP contribution in [0, 0.1) is 28.6 Å². The molecule has 0 saturated heterocycles. The van der Waals surface area contributed by atoms with Crippen LogP contribution < -0.4 is 0 Å². The Kier molecular flexibility index (Phi) is 6.75. The average molecular weight is 447 g/mol. The molecule has 32 heavy (non-hydrogen) atoms. The summed E-state index contributed by atoms with van der Waals surface area (Å²) < 4.78 is 6.32. The third-order valence-corrected chi connectivity index (χ3v) is 10.0. The number of hydrogen-bond acceptors (Lipinski definition) is 4. The molecule has 3 unspecified atom stereocenters. The number of rotatable bonds is 6. The lowest BCUT2D eigenvalue weighted by Gasteiger charge is -2.44. The molecule has 0 bridgehead atoms. The highest BCUT2D eigenvalue weighted by molar-refractivity contribution is 5.28. The van der Waals surface area contributed by atoms with Gasteiger partial charge < -0.3 is 20.1 Å². The Hall–Kier alpha value is -0.680. The van der Waals surface area contributed by atoms with Crippen LogP contribution in [0.25, 0.3) is 0 Å². The zero-order valence-corrected chi connectivity index (χ0v) is 20.9. The Bertz CT molecular complexity index is 727. The molecule has 3 N–H and O–H groups in total. The smallest absolute Gasteiger partial charge is 0.0658 e. The van der Waals surface area contributed by atoms with Crippen molar-refractivity contribution in [1.82, 2.24) is 0 Å². The van der Waals surface area contributed by atoms with Crippen LogP contribution in [0.3, 0.4) is 0 Å². The standard InChI is InChI=1S/C28H46O4/c1-18(26(3,4)31)17-32-19(2)22-10-11-23-21(7-6-12-27(22,23)5)9-8-20-15-24(29)28(13-14-28)25(30)16-20/h8-9,18-19,22-25,29-31H,6-7,10-17H2,1-5H3/t18-,19+,22?,23?,24+,25+,27?/m0/s1. The van der Waals surface area contributed by atoms with Gasteiger partial charge in [0.05, 0.1) is 30.5 Å². The van der Waals surface area contributed by atoms with Gasteiger partial charge in [-0.3, -0.25) is 0 Å². The third-order valence-electron chi connectivity index (χ3n) is 10.0. The Labute approximate surface area is 195 Å². The maximum atomic E-state index is 10.6. The van der Waals surface area contributed by atoms with Crippen molar-refractivity contribution in [2.75, 3.05) is 6.61 Å². The molecule has 0 aromatic rings. The lowest BCUT2D eigenvalue weighted by atomic mass is 9.62. The second-order valence-corrected chi connectivity index (χ2v) is 12.4. The summed E-state index contributed by atoms with van der Waals surface area (Å²) >= 11 is 0. The molecule has 7 atom stereocenters. The first-order valence-electron chi connectivity index (χ1n) is 13.1. The summed E-state index contributed by atoms with van der Waals surface area (Å²) in [5.74, 6) is 1.26. The largest absolute Gasteiger partial charge is 0.392 e. The molecule has 0 aromatic heterocycles. The fourth-order valence-electron chi connectivity index (χ4n) is 7.05. The minimum Gasteiger partial charge on any atom is -0.392 e. The fraction of sp³-hybridized carbons (Fsp3) is 0.857. The molecule has 4 aliphatic rings. The molecule has 4 saturated carbocycles. The normalized spacial score (nSPS) is 39.8. The van der Waals surface area contributed by atoms with Crippen molar-refractivity contribution < 1.29 is 20.1 Å². The number of hydrogen-bond donors (Lipinski definition) is 3. The molecule has 4 fully saturated rings. The van der Waals surface area contributed by atoms with Gasteiger partial charge in [0, 0.05) is 11.3 Å². The van der Waals surface area contributed by atoms with Gasteiger partial charge >= 0.3 is 0 Å². The van der Waals surface area contributed by atoms with E-state index in [1.807, 2.05) is 13.8 Å².